The Morgan fingerprint density at radius 2 is 2.38 bits per heavy atom. The average molecular weight is 175 g/mol. The summed E-state index contributed by atoms with van der Waals surface area (Å²) in [6.45, 7) is 7.85. The van der Waals surface area contributed by atoms with Crippen molar-refractivity contribution in [1.29, 1.82) is 0 Å². The number of aryl methyl sites for hydroxylation is 1. The van der Waals surface area contributed by atoms with Crippen LogP contribution >= 0.6 is 0 Å². The number of anilines is 1. The van der Waals surface area contributed by atoms with E-state index in [1.54, 1.807) is 0 Å². The highest BCUT2D eigenvalue weighted by atomic mass is 15.3. The van der Waals surface area contributed by atoms with Crippen LogP contribution in [0.3, 0.4) is 0 Å². The molecule has 0 spiro atoms. The molecule has 0 radical (unpaired) electrons. The minimum absolute atomic E-state index is 0.964. The molecule has 0 bridgehead atoms. The first-order valence-corrected chi connectivity index (χ1v) is 4.40. The molecule has 1 aliphatic rings. The van der Waals surface area contributed by atoms with Gasteiger partial charge in [0.25, 0.3) is 0 Å². The van der Waals surface area contributed by atoms with Gasteiger partial charge in [0, 0.05) is 18.8 Å². The molecule has 0 atom stereocenters. The summed E-state index contributed by atoms with van der Waals surface area (Å²) in [4.78, 5) is 6.38. The number of rotatable bonds is 1. The number of pyridine rings is 1. The molecule has 1 N–H and O–H groups in total. The zero-order chi connectivity index (χ0) is 9.26. The molecular weight excluding hydrogens is 162 g/mol. The van der Waals surface area contributed by atoms with E-state index in [-0.39, 0.29) is 0 Å². The maximum Gasteiger partial charge on any atom is 0.0985 e. The van der Waals surface area contributed by atoms with Gasteiger partial charge in [0.2, 0.25) is 0 Å². The van der Waals surface area contributed by atoms with E-state index >= 15 is 0 Å². The van der Waals surface area contributed by atoms with E-state index in [2.05, 4.69) is 27.8 Å². The van der Waals surface area contributed by atoms with E-state index in [1.807, 2.05) is 19.2 Å². The van der Waals surface area contributed by atoms with Crippen molar-refractivity contribution in [2.45, 2.75) is 6.92 Å². The van der Waals surface area contributed by atoms with Crippen LogP contribution in [0.25, 0.3) is 0 Å². The minimum Gasteiger partial charge on any atom is -0.370 e. The maximum atomic E-state index is 4.25. The van der Waals surface area contributed by atoms with Crippen molar-refractivity contribution >= 4 is 5.69 Å². The lowest BCUT2D eigenvalue weighted by Crippen LogP contribution is -2.17. The van der Waals surface area contributed by atoms with Crippen LogP contribution in [0.15, 0.2) is 30.7 Å². The van der Waals surface area contributed by atoms with Crippen LogP contribution in [0.2, 0.25) is 0 Å². The Bertz CT molecular complexity index is 315. The number of hydrogen-bond acceptors (Lipinski definition) is 3. The van der Waals surface area contributed by atoms with Crippen LogP contribution < -0.4 is 10.2 Å². The summed E-state index contributed by atoms with van der Waals surface area (Å²) < 4.78 is 0. The molecule has 13 heavy (non-hydrogen) atoms. The van der Waals surface area contributed by atoms with Gasteiger partial charge in [0.1, 0.15) is 0 Å². The Morgan fingerprint density at radius 1 is 1.54 bits per heavy atom. The third-order valence-corrected chi connectivity index (χ3v) is 2.20. The van der Waals surface area contributed by atoms with Crippen molar-refractivity contribution < 1.29 is 0 Å². The van der Waals surface area contributed by atoms with Crippen LogP contribution in [-0.4, -0.2) is 18.1 Å². The molecule has 1 aromatic rings. The molecule has 1 fully saturated rings. The van der Waals surface area contributed by atoms with E-state index in [1.165, 1.54) is 0 Å². The van der Waals surface area contributed by atoms with Crippen molar-refractivity contribution in [3.63, 3.8) is 0 Å². The minimum atomic E-state index is 0.964. The second-order valence-corrected chi connectivity index (χ2v) is 3.18. The van der Waals surface area contributed by atoms with Gasteiger partial charge in [0.15, 0.2) is 0 Å². The average Bonchev–Trinajstić information content (AvgIpc) is 2.53. The molecule has 68 valence electrons. The van der Waals surface area contributed by atoms with E-state index in [0.717, 1.165) is 30.3 Å². The first-order chi connectivity index (χ1) is 6.27. The largest absolute Gasteiger partial charge is 0.370 e. The molecule has 1 aromatic heterocycles. The zero-order valence-corrected chi connectivity index (χ0v) is 7.75. The zero-order valence-electron chi connectivity index (χ0n) is 7.75. The first kappa shape index (κ1) is 8.10. The second kappa shape index (κ2) is 3.09. The van der Waals surface area contributed by atoms with Crippen LogP contribution in [-0.2, 0) is 0 Å². The molecule has 3 nitrogen and oxygen atoms in total. The van der Waals surface area contributed by atoms with Gasteiger partial charge in [-0.05, 0) is 19.1 Å². The summed E-state index contributed by atoms with van der Waals surface area (Å²) >= 11 is 0. The second-order valence-electron chi connectivity index (χ2n) is 3.18. The summed E-state index contributed by atoms with van der Waals surface area (Å²) in [6, 6.07) is 4.08. The first-order valence-electron chi connectivity index (χ1n) is 4.40. The summed E-state index contributed by atoms with van der Waals surface area (Å²) in [5, 5.41) is 3.19. The monoisotopic (exact) mass is 175 g/mol. The van der Waals surface area contributed by atoms with Crippen molar-refractivity contribution in [2.75, 3.05) is 18.0 Å². The summed E-state index contributed by atoms with van der Waals surface area (Å²) in [6.07, 6.45) is 1.88. The third kappa shape index (κ3) is 1.49. The fourth-order valence-electron chi connectivity index (χ4n) is 1.45. The fraction of sp³-hybridized carbons (Fsp3) is 0.300. The Morgan fingerprint density at radius 3 is 2.92 bits per heavy atom. The molecular formula is C10H13N3. The van der Waals surface area contributed by atoms with E-state index in [4.69, 9.17) is 0 Å². The third-order valence-electron chi connectivity index (χ3n) is 2.20. The number of aromatic nitrogens is 1. The molecule has 1 aliphatic heterocycles. The van der Waals surface area contributed by atoms with Crippen LogP contribution in [0.1, 0.15) is 5.69 Å². The van der Waals surface area contributed by atoms with Crippen molar-refractivity contribution in [3.8, 4) is 0 Å². The summed E-state index contributed by atoms with van der Waals surface area (Å²) in [7, 11) is 0. The van der Waals surface area contributed by atoms with E-state index in [9.17, 15) is 0 Å². The Balaban J connectivity index is 2.25. The molecule has 2 rings (SSSR count). The predicted molar refractivity (Wildman–Crippen MR) is 53.5 cm³/mol. The highest BCUT2D eigenvalue weighted by Gasteiger charge is 2.15. The molecule has 0 unspecified atom stereocenters. The molecule has 0 aliphatic carbocycles. The Labute approximate surface area is 78.1 Å². The van der Waals surface area contributed by atoms with Gasteiger partial charge in [-0.25, -0.2) is 0 Å². The van der Waals surface area contributed by atoms with E-state index in [0.29, 0.717) is 0 Å². The number of nitrogens with zero attached hydrogens (tertiary/aromatic N) is 2. The highest BCUT2D eigenvalue weighted by Crippen LogP contribution is 2.18. The molecule has 3 heteroatoms. The summed E-state index contributed by atoms with van der Waals surface area (Å²) in [5.74, 6) is 0.964. The van der Waals surface area contributed by atoms with Crippen LogP contribution in [0.4, 0.5) is 5.69 Å². The lowest BCUT2D eigenvalue weighted by Gasteiger charge is -2.17. The molecule has 0 aromatic carbocycles. The van der Waals surface area contributed by atoms with Crippen molar-refractivity contribution in [3.05, 3.63) is 36.4 Å². The van der Waals surface area contributed by atoms with Gasteiger partial charge in [0.05, 0.1) is 17.7 Å². The standard InChI is InChI=1S/C10H13N3/c1-8-3-4-10(7-12-8)13-6-5-11-9(13)2/h3-4,7,11H,2,5-6H2,1H3. The lowest BCUT2D eigenvalue weighted by molar-refractivity contribution is 0.949. The number of hydrogen-bond donors (Lipinski definition) is 1. The normalized spacial score (nSPS) is 16.1. The smallest absolute Gasteiger partial charge is 0.0985 e. The van der Waals surface area contributed by atoms with Gasteiger partial charge < -0.3 is 10.2 Å². The topological polar surface area (TPSA) is 28.2 Å². The highest BCUT2D eigenvalue weighted by molar-refractivity contribution is 5.51. The van der Waals surface area contributed by atoms with Crippen molar-refractivity contribution in [1.82, 2.24) is 10.3 Å². The Kier molecular flexibility index (Phi) is 1.93. The molecule has 1 saturated heterocycles. The Hall–Kier alpha value is -1.51. The molecule has 0 amide bonds. The maximum absolute atomic E-state index is 4.25. The number of nitrogens with one attached hydrogen (secondary N) is 1. The predicted octanol–water partition coefficient (Wildman–Crippen LogP) is 1.27. The quantitative estimate of drug-likeness (QED) is 0.696. The SMILES string of the molecule is C=C1NCCN1c1ccc(C)nc1. The van der Waals surface area contributed by atoms with Gasteiger partial charge in [-0.1, -0.05) is 6.58 Å². The van der Waals surface area contributed by atoms with Gasteiger partial charge >= 0.3 is 0 Å². The lowest BCUT2D eigenvalue weighted by atomic mass is 10.3. The van der Waals surface area contributed by atoms with Gasteiger partial charge in [-0.15, -0.1) is 0 Å². The van der Waals surface area contributed by atoms with Gasteiger partial charge in [-0.3, -0.25) is 4.98 Å². The summed E-state index contributed by atoms with van der Waals surface area (Å²) in [5.41, 5.74) is 2.15. The molecule has 2 heterocycles. The van der Waals surface area contributed by atoms with Crippen molar-refractivity contribution in [2.24, 2.45) is 0 Å². The molecule has 0 saturated carbocycles. The fourth-order valence-corrected chi connectivity index (χ4v) is 1.45. The van der Waals surface area contributed by atoms with E-state index < -0.39 is 0 Å². The van der Waals surface area contributed by atoms with Crippen LogP contribution in [0.5, 0.6) is 0 Å². The van der Waals surface area contributed by atoms with Gasteiger partial charge in [-0.2, -0.15) is 0 Å². The van der Waals surface area contributed by atoms with Crippen LogP contribution in [0, 0.1) is 6.92 Å².